The molecule has 1 aliphatic carbocycles. The van der Waals surface area contributed by atoms with Crippen molar-refractivity contribution in [2.24, 2.45) is 11.3 Å². The van der Waals surface area contributed by atoms with Gasteiger partial charge in [-0.3, -0.25) is 0 Å². The Morgan fingerprint density at radius 1 is 1.10 bits per heavy atom. The van der Waals surface area contributed by atoms with Gasteiger partial charge in [0.25, 0.3) is 0 Å². The normalized spacial score (nSPS) is 23.9. The Labute approximate surface area is 133 Å². The van der Waals surface area contributed by atoms with Crippen LogP contribution in [0.1, 0.15) is 52.0 Å². The van der Waals surface area contributed by atoms with Crippen molar-refractivity contribution in [2.45, 2.75) is 59.0 Å². The zero-order valence-electron chi connectivity index (χ0n) is 12.7. The van der Waals surface area contributed by atoms with Gasteiger partial charge < -0.3 is 5.32 Å². The van der Waals surface area contributed by atoms with Crippen molar-refractivity contribution in [1.82, 2.24) is 5.32 Å². The molecule has 1 aromatic rings. The van der Waals surface area contributed by atoms with Gasteiger partial charge in [0.05, 0.1) is 0 Å². The second-order valence-corrected chi connectivity index (χ2v) is 7.76. The first-order valence-electron chi connectivity index (χ1n) is 7.56. The van der Waals surface area contributed by atoms with E-state index in [4.69, 9.17) is 23.2 Å². The zero-order valence-corrected chi connectivity index (χ0v) is 14.2. The summed E-state index contributed by atoms with van der Waals surface area (Å²) < 4.78 is 0. The Morgan fingerprint density at radius 2 is 1.70 bits per heavy atom. The number of nitrogens with one attached hydrogen (secondary N) is 1. The van der Waals surface area contributed by atoms with Gasteiger partial charge in [-0.1, -0.05) is 62.9 Å². The number of halogens is 2. The van der Waals surface area contributed by atoms with Gasteiger partial charge in [-0.2, -0.15) is 0 Å². The molecule has 0 radical (unpaired) electrons. The van der Waals surface area contributed by atoms with Crippen molar-refractivity contribution < 1.29 is 0 Å². The average molecular weight is 314 g/mol. The lowest BCUT2D eigenvalue weighted by atomic mass is 9.69. The SMILES string of the molecule is CC(C)(C)C1CCCCC1NCc1c(Cl)cccc1Cl. The molecule has 1 aromatic carbocycles. The summed E-state index contributed by atoms with van der Waals surface area (Å²) in [4.78, 5) is 0. The van der Waals surface area contributed by atoms with Crippen LogP contribution in [0.15, 0.2) is 18.2 Å². The zero-order chi connectivity index (χ0) is 14.8. The molecule has 0 bridgehead atoms. The molecule has 0 amide bonds. The second kappa shape index (κ2) is 6.68. The van der Waals surface area contributed by atoms with E-state index in [1.54, 1.807) is 0 Å². The molecule has 3 heteroatoms. The first-order chi connectivity index (χ1) is 9.39. The third kappa shape index (κ3) is 3.90. The summed E-state index contributed by atoms with van der Waals surface area (Å²) in [5.41, 5.74) is 1.37. The lowest BCUT2D eigenvalue weighted by Crippen LogP contribution is -2.44. The Kier molecular flexibility index (Phi) is 5.39. The summed E-state index contributed by atoms with van der Waals surface area (Å²) in [5.74, 6) is 0.720. The van der Waals surface area contributed by atoms with E-state index in [1.807, 2.05) is 18.2 Å². The molecule has 112 valence electrons. The minimum Gasteiger partial charge on any atom is -0.310 e. The molecular weight excluding hydrogens is 289 g/mol. The number of rotatable bonds is 3. The fourth-order valence-electron chi connectivity index (χ4n) is 3.35. The lowest BCUT2D eigenvalue weighted by Gasteiger charge is -2.41. The maximum atomic E-state index is 6.25. The molecule has 0 spiro atoms. The summed E-state index contributed by atoms with van der Waals surface area (Å²) in [6.07, 6.45) is 5.24. The predicted octanol–water partition coefficient (Wildman–Crippen LogP) is 5.69. The third-order valence-corrected chi connectivity index (χ3v) is 5.19. The molecule has 0 heterocycles. The van der Waals surface area contributed by atoms with Crippen LogP contribution in [-0.4, -0.2) is 6.04 Å². The molecule has 1 saturated carbocycles. The van der Waals surface area contributed by atoms with Gasteiger partial charge in [0.1, 0.15) is 0 Å². The molecule has 2 atom stereocenters. The van der Waals surface area contributed by atoms with Gasteiger partial charge in [0.15, 0.2) is 0 Å². The molecule has 20 heavy (non-hydrogen) atoms. The largest absolute Gasteiger partial charge is 0.310 e. The highest BCUT2D eigenvalue weighted by Crippen LogP contribution is 2.38. The van der Waals surface area contributed by atoms with Crippen molar-refractivity contribution in [3.63, 3.8) is 0 Å². The van der Waals surface area contributed by atoms with Crippen LogP contribution in [0.2, 0.25) is 10.0 Å². The van der Waals surface area contributed by atoms with Gasteiger partial charge in [-0.25, -0.2) is 0 Å². The van der Waals surface area contributed by atoms with Crippen LogP contribution in [0.3, 0.4) is 0 Å². The number of hydrogen-bond acceptors (Lipinski definition) is 1. The van der Waals surface area contributed by atoms with Crippen molar-refractivity contribution in [1.29, 1.82) is 0 Å². The van der Waals surface area contributed by atoms with Crippen molar-refractivity contribution in [3.8, 4) is 0 Å². The van der Waals surface area contributed by atoms with Crippen molar-refractivity contribution >= 4 is 23.2 Å². The Balaban J connectivity index is 2.05. The van der Waals surface area contributed by atoms with Crippen LogP contribution in [0, 0.1) is 11.3 Å². The monoisotopic (exact) mass is 313 g/mol. The van der Waals surface area contributed by atoms with Crippen LogP contribution < -0.4 is 5.32 Å². The molecule has 2 rings (SSSR count). The number of benzene rings is 1. The highest BCUT2D eigenvalue weighted by molar-refractivity contribution is 6.35. The molecule has 0 saturated heterocycles. The van der Waals surface area contributed by atoms with Gasteiger partial charge in [0.2, 0.25) is 0 Å². The van der Waals surface area contributed by atoms with E-state index < -0.39 is 0 Å². The quantitative estimate of drug-likeness (QED) is 0.756. The van der Waals surface area contributed by atoms with E-state index in [2.05, 4.69) is 26.1 Å². The Bertz CT molecular complexity index is 431. The Morgan fingerprint density at radius 3 is 2.30 bits per heavy atom. The Hall–Kier alpha value is -0.240. The molecule has 1 N–H and O–H groups in total. The van der Waals surface area contributed by atoms with Crippen LogP contribution in [0.4, 0.5) is 0 Å². The lowest BCUT2D eigenvalue weighted by molar-refractivity contribution is 0.130. The second-order valence-electron chi connectivity index (χ2n) is 6.94. The smallest absolute Gasteiger partial charge is 0.0465 e. The predicted molar refractivity (Wildman–Crippen MR) is 88.5 cm³/mol. The molecule has 0 aromatic heterocycles. The number of hydrogen-bond donors (Lipinski definition) is 1. The summed E-state index contributed by atoms with van der Waals surface area (Å²) in [7, 11) is 0. The molecular formula is C17H25Cl2N. The van der Waals surface area contributed by atoms with E-state index in [0.717, 1.165) is 28.1 Å². The van der Waals surface area contributed by atoms with Crippen molar-refractivity contribution in [2.75, 3.05) is 0 Å². The third-order valence-electron chi connectivity index (χ3n) is 4.48. The van der Waals surface area contributed by atoms with E-state index in [-0.39, 0.29) is 0 Å². The summed E-state index contributed by atoms with van der Waals surface area (Å²) in [5, 5.41) is 5.22. The van der Waals surface area contributed by atoms with Crippen LogP contribution in [0.25, 0.3) is 0 Å². The molecule has 2 unspecified atom stereocenters. The highest BCUT2D eigenvalue weighted by Gasteiger charge is 2.33. The summed E-state index contributed by atoms with van der Waals surface area (Å²) in [6, 6.07) is 6.28. The van der Waals surface area contributed by atoms with E-state index in [0.29, 0.717) is 11.5 Å². The van der Waals surface area contributed by atoms with Crippen LogP contribution in [0.5, 0.6) is 0 Å². The first-order valence-corrected chi connectivity index (χ1v) is 8.31. The highest BCUT2D eigenvalue weighted by atomic mass is 35.5. The summed E-state index contributed by atoms with van der Waals surface area (Å²) >= 11 is 12.5. The van der Waals surface area contributed by atoms with Crippen LogP contribution >= 0.6 is 23.2 Å². The molecule has 1 aliphatic rings. The summed E-state index contributed by atoms with van der Waals surface area (Å²) in [6.45, 7) is 7.80. The van der Waals surface area contributed by atoms with Gasteiger partial charge in [-0.05, 0) is 36.3 Å². The molecule has 1 fully saturated rings. The average Bonchev–Trinajstić information content (AvgIpc) is 2.37. The fourth-order valence-corrected chi connectivity index (χ4v) is 3.88. The first kappa shape index (κ1) is 16.1. The minimum absolute atomic E-state index is 0.350. The van der Waals surface area contributed by atoms with Crippen molar-refractivity contribution in [3.05, 3.63) is 33.8 Å². The van der Waals surface area contributed by atoms with E-state index >= 15 is 0 Å². The maximum absolute atomic E-state index is 6.25. The maximum Gasteiger partial charge on any atom is 0.0465 e. The minimum atomic E-state index is 0.350. The molecule has 1 nitrogen and oxygen atoms in total. The van der Waals surface area contributed by atoms with E-state index in [9.17, 15) is 0 Å². The van der Waals surface area contributed by atoms with Gasteiger partial charge in [-0.15, -0.1) is 0 Å². The standard InChI is InChI=1S/C17H25Cl2N/c1-17(2,3)13-7-4-5-10-16(13)20-11-12-14(18)8-6-9-15(12)19/h6,8-9,13,16,20H,4-5,7,10-11H2,1-3H3. The van der Waals surface area contributed by atoms with E-state index in [1.165, 1.54) is 25.7 Å². The van der Waals surface area contributed by atoms with Crippen LogP contribution in [-0.2, 0) is 6.54 Å². The fraction of sp³-hybridized carbons (Fsp3) is 0.647. The van der Waals surface area contributed by atoms with Gasteiger partial charge in [0, 0.05) is 28.2 Å². The topological polar surface area (TPSA) is 12.0 Å². The van der Waals surface area contributed by atoms with Gasteiger partial charge >= 0.3 is 0 Å². The molecule has 0 aliphatic heterocycles.